The van der Waals surface area contributed by atoms with Crippen molar-refractivity contribution in [2.24, 2.45) is 40.4 Å². The zero-order valence-corrected chi connectivity index (χ0v) is 13.6. The van der Waals surface area contributed by atoms with Gasteiger partial charge in [-0.2, -0.15) is 0 Å². The Balaban J connectivity index is 1.61. The monoisotopic (exact) mass is 260 g/mol. The fraction of sp³-hybridized carbons (Fsp3) is 0.895. The van der Waals surface area contributed by atoms with Gasteiger partial charge in [0.15, 0.2) is 0 Å². The molecule has 3 aliphatic rings. The molecule has 3 rings (SSSR count). The molecule has 19 heavy (non-hydrogen) atoms. The Morgan fingerprint density at radius 3 is 2.32 bits per heavy atom. The van der Waals surface area contributed by atoms with Gasteiger partial charge in [-0.25, -0.2) is 0 Å². The van der Waals surface area contributed by atoms with Crippen LogP contribution in [0.4, 0.5) is 0 Å². The highest BCUT2D eigenvalue weighted by Crippen LogP contribution is 2.91. The van der Waals surface area contributed by atoms with Gasteiger partial charge in [-0.15, -0.1) is 0 Å². The van der Waals surface area contributed by atoms with Crippen LogP contribution < -0.4 is 0 Å². The number of allylic oxidation sites excluding steroid dienone is 2. The molecule has 0 amide bonds. The maximum atomic E-state index is 2.61. The summed E-state index contributed by atoms with van der Waals surface area (Å²) in [4.78, 5) is 0. The lowest BCUT2D eigenvalue weighted by atomic mass is 9.50. The van der Waals surface area contributed by atoms with E-state index in [0.29, 0.717) is 5.41 Å². The molecule has 0 N–H and O–H groups in total. The average molecular weight is 260 g/mol. The molecule has 0 aliphatic heterocycles. The lowest BCUT2D eigenvalue weighted by Gasteiger charge is -2.54. The summed E-state index contributed by atoms with van der Waals surface area (Å²) in [5, 5.41) is 0. The van der Waals surface area contributed by atoms with Crippen LogP contribution >= 0.6 is 0 Å². The minimum Gasteiger partial charge on any atom is -0.0854 e. The first-order chi connectivity index (χ1) is 9.00. The van der Waals surface area contributed by atoms with Crippen molar-refractivity contribution in [3.63, 3.8) is 0 Å². The highest BCUT2D eigenvalue weighted by atomic mass is 14.9. The third-order valence-corrected chi connectivity index (χ3v) is 7.27. The third kappa shape index (κ3) is 1.64. The smallest absolute Gasteiger partial charge is 0.0199 e. The van der Waals surface area contributed by atoms with E-state index in [0.717, 1.165) is 35.0 Å². The summed E-state index contributed by atoms with van der Waals surface area (Å²) in [6.07, 6.45) is 12.2. The zero-order chi connectivity index (χ0) is 13.8. The predicted molar refractivity (Wildman–Crippen MR) is 82.9 cm³/mol. The van der Waals surface area contributed by atoms with E-state index in [2.05, 4.69) is 46.8 Å². The lowest BCUT2D eigenvalue weighted by molar-refractivity contribution is -0.0566. The van der Waals surface area contributed by atoms with Crippen LogP contribution in [0.1, 0.15) is 66.7 Å². The summed E-state index contributed by atoms with van der Waals surface area (Å²) in [5.74, 6) is 4.82. The molecule has 0 saturated heterocycles. The highest BCUT2D eigenvalue weighted by molar-refractivity contribution is 5.33. The lowest BCUT2D eigenvalue weighted by Crippen LogP contribution is -2.48. The number of fused-ring (bicyclic) bond motifs is 1. The first-order valence-electron chi connectivity index (χ1n) is 8.69. The maximum absolute atomic E-state index is 2.61. The van der Waals surface area contributed by atoms with Crippen molar-refractivity contribution in [3.05, 3.63) is 12.2 Å². The second kappa shape index (κ2) is 4.37. The van der Waals surface area contributed by atoms with Gasteiger partial charge in [-0.1, -0.05) is 53.2 Å². The standard InChI is InChI=1S/C19H32/c1-6-13(3)8-9-14(4)12-18(5)16-11-10-15-17(18)19(15,16)7-2/h8-9,13-17H,6-7,10-12H2,1-5H3. The molecule has 0 nitrogen and oxygen atoms in total. The maximum Gasteiger partial charge on any atom is -0.0199 e. The van der Waals surface area contributed by atoms with E-state index in [1.54, 1.807) is 6.42 Å². The van der Waals surface area contributed by atoms with E-state index in [1.807, 2.05) is 0 Å². The Morgan fingerprint density at radius 1 is 1.11 bits per heavy atom. The Hall–Kier alpha value is -0.260. The first-order valence-corrected chi connectivity index (χ1v) is 8.69. The fourth-order valence-electron chi connectivity index (χ4n) is 6.48. The summed E-state index contributed by atoms with van der Waals surface area (Å²) >= 11 is 0. The number of hydrogen-bond acceptors (Lipinski definition) is 0. The van der Waals surface area contributed by atoms with Gasteiger partial charge in [0.25, 0.3) is 0 Å². The molecule has 0 radical (unpaired) electrons. The molecule has 7 atom stereocenters. The molecular formula is C19H32. The third-order valence-electron chi connectivity index (χ3n) is 7.27. The van der Waals surface area contributed by atoms with E-state index in [4.69, 9.17) is 0 Å². The van der Waals surface area contributed by atoms with Gasteiger partial charge in [0.05, 0.1) is 0 Å². The van der Waals surface area contributed by atoms with Crippen molar-refractivity contribution >= 4 is 0 Å². The van der Waals surface area contributed by atoms with E-state index < -0.39 is 0 Å². The normalized spacial score (nSPS) is 49.8. The second-order valence-corrected chi connectivity index (χ2v) is 8.14. The molecule has 0 bridgehead atoms. The highest BCUT2D eigenvalue weighted by Gasteiger charge is 2.85. The van der Waals surface area contributed by atoms with Crippen LogP contribution in [0, 0.1) is 40.4 Å². The topological polar surface area (TPSA) is 0 Å². The summed E-state index contributed by atoms with van der Waals surface area (Å²) in [6, 6.07) is 0. The van der Waals surface area contributed by atoms with Crippen molar-refractivity contribution < 1.29 is 0 Å². The fourth-order valence-corrected chi connectivity index (χ4v) is 6.48. The molecule has 108 valence electrons. The molecule has 3 saturated carbocycles. The summed E-state index contributed by atoms with van der Waals surface area (Å²) in [7, 11) is 0. The molecule has 7 unspecified atom stereocenters. The van der Waals surface area contributed by atoms with E-state index in [-0.39, 0.29) is 0 Å². The van der Waals surface area contributed by atoms with Crippen molar-refractivity contribution in [1.29, 1.82) is 0 Å². The molecule has 0 heterocycles. The van der Waals surface area contributed by atoms with Crippen LogP contribution in [0.3, 0.4) is 0 Å². The average Bonchev–Trinajstić information content (AvgIpc) is 2.88. The Labute approximate surface area is 120 Å². The van der Waals surface area contributed by atoms with Crippen LogP contribution in [0.15, 0.2) is 12.2 Å². The molecule has 3 fully saturated rings. The van der Waals surface area contributed by atoms with E-state index in [9.17, 15) is 0 Å². The summed E-state index contributed by atoms with van der Waals surface area (Å²) in [5.41, 5.74) is 1.53. The van der Waals surface area contributed by atoms with E-state index in [1.165, 1.54) is 25.7 Å². The van der Waals surface area contributed by atoms with Crippen LogP contribution in [0.25, 0.3) is 0 Å². The molecule has 0 spiro atoms. The Bertz CT molecular complexity index is 381. The molecule has 0 aromatic rings. The number of hydrogen-bond donors (Lipinski definition) is 0. The molecule has 0 aromatic carbocycles. The summed E-state index contributed by atoms with van der Waals surface area (Å²) in [6.45, 7) is 12.1. The van der Waals surface area contributed by atoms with E-state index >= 15 is 0 Å². The second-order valence-electron chi connectivity index (χ2n) is 8.14. The van der Waals surface area contributed by atoms with Crippen molar-refractivity contribution in [3.8, 4) is 0 Å². The zero-order valence-electron chi connectivity index (χ0n) is 13.6. The molecule has 0 heteroatoms. The van der Waals surface area contributed by atoms with Crippen molar-refractivity contribution in [2.45, 2.75) is 66.7 Å². The van der Waals surface area contributed by atoms with Crippen LogP contribution in [0.2, 0.25) is 0 Å². The quantitative estimate of drug-likeness (QED) is 0.538. The van der Waals surface area contributed by atoms with Gasteiger partial charge in [0.1, 0.15) is 0 Å². The van der Waals surface area contributed by atoms with Gasteiger partial charge in [0, 0.05) is 0 Å². The van der Waals surface area contributed by atoms with Crippen LogP contribution in [-0.2, 0) is 0 Å². The SMILES string of the molecule is CCC(C)C=CC(C)CC1(C)C2CCC3C1C32CC. The van der Waals surface area contributed by atoms with Crippen LogP contribution in [-0.4, -0.2) is 0 Å². The molecule has 0 aromatic heterocycles. The van der Waals surface area contributed by atoms with Gasteiger partial charge in [-0.05, 0) is 66.1 Å². The minimum atomic E-state index is 0.693. The van der Waals surface area contributed by atoms with Crippen molar-refractivity contribution in [1.82, 2.24) is 0 Å². The minimum absolute atomic E-state index is 0.693. The van der Waals surface area contributed by atoms with Gasteiger partial charge in [0.2, 0.25) is 0 Å². The van der Waals surface area contributed by atoms with Gasteiger partial charge < -0.3 is 0 Å². The van der Waals surface area contributed by atoms with Gasteiger partial charge in [-0.3, -0.25) is 0 Å². The number of rotatable bonds is 6. The summed E-state index contributed by atoms with van der Waals surface area (Å²) < 4.78 is 0. The predicted octanol–water partition coefficient (Wildman–Crippen LogP) is 5.69. The van der Waals surface area contributed by atoms with Crippen molar-refractivity contribution in [2.75, 3.05) is 0 Å². The van der Waals surface area contributed by atoms with Gasteiger partial charge >= 0.3 is 0 Å². The largest absolute Gasteiger partial charge is 0.0854 e. The molecular weight excluding hydrogens is 228 g/mol. The Morgan fingerprint density at radius 2 is 1.79 bits per heavy atom. The van der Waals surface area contributed by atoms with Crippen LogP contribution in [0.5, 0.6) is 0 Å². The first kappa shape index (κ1) is 13.7. The molecule has 3 aliphatic carbocycles. The Kier molecular flexibility index (Phi) is 3.15.